The van der Waals surface area contributed by atoms with E-state index in [-0.39, 0.29) is 19.4 Å². The zero-order valence-electron chi connectivity index (χ0n) is 8.91. The van der Waals surface area contributed by atoms with Gasteiger partial charge in [-0.05, 0) is 12.8 Å². The highest BCUT2D eigenvalue weighted by molar-refractivity contribution is 5.93. The maximum Gasteiger partial charge on any atom is 0.393 e. The lowest BCUT2D eigenvalue weighted by Crippen LogP contribution is -2.44. The fraction of sp³-hybridized carbons (Fsp3) is 0.600. The topological polar surface area (TPSA) is 57.6 Å². The predicted molar refractivity (Wildman–Crippen MR) is 52.1 cm³/mol. The molecule has 1 aliphatic rings. The van der Waals surface area contributed by atoms with E-state index in [0.29, 0.717) is 6.08 Å². The molecule has 0 aliphatic carbocycles. The molecule has 17 heavy (non-hydrogen) atoms. The average molecular weight is 251 g/mol. The summed E-state index contributed by atoms with van der Waals surface area (Å²) in [4.78, 5) is 22.6. The molecule has 4 nitrogen and oxygen atoms in total. The third-order valence-corrected chi connectivity index (χ3v) is 2.56. The van der Waals surface area contributed by atoms with Crippen molar-refractivity contribution < 1.29 is 27.9 Å². The number of aliphatic carboxylic acids is 1. The van der Waals surface area contributed by atoms with Crippen molar-refractivity contribution in [3.05, 3.63) is 12.2 Å². The van der Waals surface area contributed by atoms with Crippen LogP contribution in [0.1, 0.15) is 12.8 Å². The highest BCUT2D eigenvalue weighted by Crippen LogP contribution is 2.33. The van der Waals surface area contributed by atoms with Gasteiger partial charge in [0, 0.05) is 25.2 Å². The third-order valence-electron chi connectivity index (χ3n) is 2.56. The summed E-state index contributed by atoms with van der Waals surface area (Å²) in [5, 5.41) is 8.30. The number of amides is 1. The van der Waals surface area contributed by atoms with Crippen molar-refractivity contribution in [2.75, 3.05) is 13.1 Å². The second-order valence-electron chi connectivity index (χ2n) is 3.84. The Bertz CT molecular complexity index is 338. The van der Waals surface area contributed by atoms with E-state index in [0.717, 1.165) is 11.0 Å². The van der Waals surface area contributed by atoms with Gasteiger partial charge in [-0.3, -0.25) is 4.79 Å². The van der Waals surface area contributed by atoms with Gasteiger partial charge in [0.05, 0.1) is 5.92 Å². The molecule has 0 saturated carbocycles. The molecule has 0 spiro atoms. The Morgan fingerprint density at radius 2 is 1.94 bits per heavy atom. The second kappa shape index (κ2) is 5.20. The number of piperidine rings is 1. The molecule has 0 aromatic carbocycles. The van der Waals surface area contributed by atoms with Gasteiger partial charge in [0.25, 0.3) is 0 Å². The summed E-state index contributed by atoms with van der Waals surface area (Å²) in [6, 6.07) is 0. The number of halogens is 3. The largest absolute Gasteiger partial charge is 0.478 e. The Morgan fingerprint density at radius 1 is 1.29 bits per heavy atom. The maximum atomic E-state index is 12.4. The number of carboxylic acid groups (broad SMARTS) is 1. The van der Waals surface area contributed by atoms with Gasteiger partial charge in [0.15, 0.2) is 0 Å². The van der Waals surface area contributed by atoms with Crippen LogP contribution >= 0.6 is 0 Å². The standard InChI is InChI=1S/C10H12F3NO3/c11-10(12,13)7-2-1-5-14(6-7)8(15)3-4-9(16)17/h3-4,7H,1-2,5-6H2,(H,16,17). The van der Waals surface area contributed by atoms with E-state index in [1.54, 1.807) is 0 Å². The molecule has 0 aromatic rings. The minimum absolute atomic E-state index is 0.00985. The lowest BCUT2D eigenvalue weighted by Gasteiger charge is -2.33. The number of nitrogens with zero attached hydrogens (tertiary/aromatic N) is 1. The molecule has 0 aromatic heterocycles. The number of carboxylic acids is 1. The molecule has 96 valence electrons. The van der Waals surface area contributed by atoms with Gasteiger partial charge in [-0.1, -0.05) is 0 Å². The van der Waals surface area contributed by atoms with Crippen LogP contribution in [0.25, 0.3) is 0 Å². The van der Waals surface area contributed by atoms with Crippen molar-refractivity contribution in [3.63, 3.8) is 0 Å². The van der Waals surface area contributed by atoms with Crippen molar-refractivity contribution in [2.45, 2.75) is 19.0 Å². The summed E-state index contributed by atoms with van der Waals surface area (Å²) in [7, 11) is 0. The van der Waals surface area contributed by atoms with E-state index < -0.39 is 30.5 Å². The second-order valence-corrected chi connectivity index (χ2v) is 3.84. The SMILES string of the molecule is O=C(O)C=CC(=O)N1CCCC(C(F)(F)F)C1. The molecule has 1 rings (SSSR count). The summed E-state index contributed by atoms with van der Waals surface area (Å²) in [6.45, 7) is -0.165. The highest BCUT2D eigenvalue weighted by atomic mass is 19.4. The molecular formula is C10H12F3NO3. The van der Waals surface area contributed by atoms with Gasteiger partial charge in [0.2, 0.25) is 5.91 Å². The number of hydrogen-bond acceptors (Lipinski definition) is 2. The van der Waals surface area contributed by atoms with Crippen molar-refractivity contribution in [2.24, 2.45) is 5.92 Å². The van der Waals surface area contributed by atoms with Gasteiger partial charge in [-0.25, -0.2) is 4.79 Å². The van der Waals surface area contributed by atoms with E-state index in [1.807, 2.05) is 0 Å². The first-order valence-corrected chi connectivity index (χ1v) is 5.07. The molecule has 0 bridgehead atoms. The fourth-order valence-electron chi connectivity index (χ4n) is 1.69. The van der Waals surface area contributed by atoms with Gasteiger partial charge >= 0.3 is 12.1 Å². The molecule has 0 radical (unpaired) electrons. The first-order chi connectivity index (χ1) is 7.80. The van der Waals surface area contributed by atoms with E-state index >= 15 is 0 Å². The highest BCUT2D eigenvalue weighted by Gasteiger charge is 2.42. The number of likely N-dealkylation sites (tertiary alicyclic amines) is 1. The van der Waals surface area contributed by atoms with E-state index in [2.05, 4.69) is 0 Å². The average Bonchev–Trinajstić information content (AvgIpc) is 2.25. The van der Waals surface area contributed by atoms with Crippen LogP contribution in [0, 0.1) is 5.92 Å². The number of rotatable bonds is 2. The molecule has 1 N–H and O–H groups in total. The summed E-state index contributed by atoms with van der Waals surface area (Å²) >= 11 is 0. The third kappa shape index (κ3) is 4.08. The first-order valence-electron chi connectivity index (χ1n) is 5.07. The van der Waals surface area contributed by atoms with Crippen LogP contribution in [-0.2, 0) is 9.59 Å². The Hall–Kier alpha value is -1.53. The summed E-state index contributed by atoms with van der Waals surface area (Å²) in [5.74, 6) is -3.51. The van der Waals surface area contributed by atoms with Crippen LogP contribution in [0.15, 0.2) is 12.2 Å². The van der Waals surface area contributed by atoms with Crippen molar-refractivity contribution in [1.82, 2.24) is 4.90 Å². The number of carbonyl (C=O) groups is 2. The number of hydrogen-bond donors (Lipinski definition) is 1. The lowest BCUT2D eigenvalue weighted by atomic mass is 9.97. The zero-order chi connectivity index (χ0) is 13.1. The molecule has 1 fully saturated rings. The Morgan fingerprint density at radius 3 is 2.47 bits per heavy atom. The summed E-state index contributed by atoms with van der Waals surface area (Å²) < 4.78 is 37.3. The lowest BCUT2D eigenvalue weighted by molar-refractivity contribution is -0.187. The molecule has 1 saturated heterocycles. The zero-order valence-corrected chi connectivity index (χ0v) is 8.91. The van der Waals surface area contributed by atoms with E-state index in [4.69, 9.17) is 5.11 Å². The fourth-order valence-corrected chi connectivity index (χ4v) is 1.69. The number of alkyl halides is 3. The first kappa shape index (κ1) is 13.5. The van der Waals surface area contributed by atoms with Gasteiger partial charge < -0.3 is 10.0 Å². The number of carbonyl (C=O) groups excluding carboxylic acids is 1. The normalized spacial score (nSPS) is 21.8. The van der Waals surface area contributed by atoms with Crippen LogP contribution in [-0.4, -0.2) is 41.1 Å². The minimum Gasteiger partial charge on any atom is -0.478 e. The maximum absolute atomic E-state index is 12.4. The van der Waals surface area contributed by atoms with Gasteiger partial charge in [-0.15, -0.1) is 0 Å². The Kier molecular flexibility index (Phi) is 4.14. The molecule has 7 heteroatoms. The quantitative estimate of drug-likeness (QED) is 0.755. The van der Waals surface area contributed by atoms with Crippen LogP contribution in [0.3, 0.4) is 0 Å². The molecule has 1 heterocycles. The monoisotopic (exact) mass is 251 g/mol. The van der Waals surface area contributed by atoms with Crippen LogP contribution in [0.5, 0.6) is 0 Å². The van der Waals surface area contributed by atoms with Crippen LogP contribution in [0.4, 0.5) is 13.2 Å². The van der Waals surface area contributed by atoms with Crippen LogP contribution < -0.4 is 0 Å². The molecule has 1 amide bonds. The van der Waals surface area contributed by atoms with Gasteiger partial charge in [0.1, 0.15) is 0 Å². The van der Waals surface area contributed by atoms with Crippen molar-refractivity contribution >= 4 is 11.9 Å². The summed E-state index contributed by atoms with van der Waals surface area (Å²) in [5.41, 5.74) is 0. The van der Waals surface area contributed by atoms with E-state index in [9.17, 15) is 22.8 Å². The van der Waals surface area contributed by atoms with Crippen LogP contribution in [0.2, 0.25) is 0 Å². The Balaban J connectivity index is 2.61. The van der Waals surface area contributed by atoms with Crippen molar-refractivity contribution in [3.8, 4) is 0 Å². The minimum atomic E-state index is -4.31. The molecule has 1 aliphatic heterocycles. The smallest absolute Gasteiger partial charge is 0.393 e. The molecular weight excluding hydrogens is 239 g/mol. The van der Waals surface area contributed by atoms with Crippen molar-refractivity contribution in [1.29, 1.82) is 0 Å². The Labute approximate surface area is 95.7 Å². The predicted octanol–water partition coefficient (Wildman–Crippen LogP) is 1.43. The van der Waals surface area contributed by atoms with Gasteiger partial charge in [-0.2, -0.15) is 13.2 Å². The molecule has 1 unspecified atom stereocenters. The van der Waals surface area contributed by atoms with E-state index in [1.165, 1.54) is 0 Å². The molecule has 1 atom stereocenters. The summed E-state index contributed by atoms with van der Waals surface area (Å²) in [6.07, 6.45) is -2.62.